The van der Waals surface area contributed by atoms with Crippen molar-refractivity contribution in [2.24, 2.45) is 0 Å². The van der Waals surface area contributed by atoms with Crippen molar-refractivity contribution in [3.8, 4) is 0 Å². The zero-order chi connectivity index (χ0) is 12.1. The number of nitrogens with zero attached hydrogens (tertiary/aromatic N) is 1. The topological polar surface area (TPSA) is 30.0 Å². The van der Waals surface area contributed by atoms with E-state index in [1.54, 1.807) is 36.7 Å². The second-order valence-corrected chi connectivity index (χ2v) is 3.79. The second-order valence-electron chi connectivity index (χ2n) is 3.79. The Kier molecular flexibility index (Phi) is 3.60. The molecule has 2 rings (SSSR count). The lowest BCUT2D eigenvalue weighted by molar-refractivity contribution is 0.0982. The number of aromatic nitrogens is 1. The van der Waals surface area contributed by atoms with Gasteiger partial charge in [0.25, 0.3) is 0 Å². The first-order valence-corrected chi connectivity index (χ1v) is 5.43. The van der Waals surface area contributed by atoms with Crippen LogP contribution in [0, 0.1) is 5.82 Å². The maximum atomic E-state index is 12.7. The Hall–Kier alpha value is -2.03. The minimum atomic E-state index is -0.255. The molecule has 0 spiro atoms. The van der Waals surface area contributed by atoms with Crippen molar-refractivity contribution < 1.29 is 9.18 Å². The third kappa shape index (κ3) is 3.21. The fraction of sp³-hybridized carbons (Fsp3) is 0.143. The minimum Gasteiger partial charge on any atom is -0.294 e. The summed E-state index contributed by atoms with van der Waals surface area (Å²) in [4.78, 5) is 15.6. The van der Waals surface area contributed by atoms with Crippen LogP contribution in [0.4, 0.5) is 4.39 Å². The third-order valence-corrected chi connectivity index (χ3v) is 2.56. The van der Waals surface area contributed by atoms with Gasteiger partial charge in [0.1, 0.15) is 5.82 Å². The second kappa shape index (κ2) is 5.34. The Morgan fingerprint density at radius 3 is 2.35 bits per heavy atom. The van der Waals surface area contributed by atoms with E-state index in [0.717, 1.165) is 5.56 Å². The molecule has 0 aliphatic carbocycles. The van der Waals surface area contributed by atoms with E-state index in [0.29, 0.717) is 18.4 Å². The van der Waals surface area contributed by atoms with Gasteiger partial charge in [-0.05, 0) is 36.2 Å². The largest absolute Gasteiger partial charge is 0.294 e. The number of hydrogen-bond acceptors (Lipinski definition) is 2. The van der Waals surface area contributed by atoms with Crippen LogP contribution in [0.3, 0.4) is 0 Å². The van der Waals surface area contributed by atoms with Crippen LogP contribution in [0.25, 0.3) is 0 Å². The van der Waals surface area contributed by atoms with Gasteiger partial charge < -0.3 is 0 Å². The van der Waals surface area contributed by atoms with Crippen molar-refractivity contribution in [1.29, 1.82) is 0 Å². The maximum Gasteiger partial charge on any atom is 0.163 e. The van der Waals surface area contributed by atoms with Gasteiger partial charge >= 0.3 is 0 Å². The molecule has 0 amide bonds. The number of pyridine rings is 1. The van der Waals surface area contributed by atoms with Gasteiger partial charge in [-0.2, -0.15) is 0 Å². The molecule has 0 aliphatic rings. The molecule has 1 aromatic heterocycles. The molecule has 0 N–H and O–H groups in total. The summed E-state index contributed by atoms with van der Waals surface area (Å²) in [6.07, 6.45) is 4.26. The Morgan fingerprint density at radius 1 is 1.06 bits per heavy atom. The van der Waals surface area contributed by atoms with Crippen LogP contribution in [-0.4, -0.2) is 10.8 Å². The highest BCUT2D eigenvalue weighted by molar-refractivity contribution is 5.95. The molecule has 0 saturated heterocycles. The maximum absolute atomic E-state index is 12.7. The molecule has 1 aromatic carbocycles. The fourth-order valence-corrected chi connectivity index (χ4v) is 1.59. The van der Waals surface area contributed by atoms with Crippen molar-refractivity contribution >= 4 is 5.78 Å². The van der Waals surface area contributed by atoms with E-state index >= 15 is 0 Å². The predicted octanol–water partition coefficient (Wildman–Crippen LogP) is 3.04. The summed E-state index contributed by atoms with van der Waals surface area (Å²) in [5.74, 6) is -0.175. The summed E-state index contributed by atoms with van der Waals surface area (Å²) in [5, 5.41) is 0. The molecule has 0 atom stereocenters. The van der Waals surface area contributed by atoms with Crippen LogP contribution in [0.1, 0.15) is 22.3 Å². The van der Waals surface area contributed by atoms with E-state index in [4.69, 9.17) is 0 Å². The average molecular weight is 229 g/mol. The quantitative estimate of drug-likeness (QED) is 0.754. The smallest absolute Gasteiger partial charge is 0.163 e. The van der Waals surface area contributed by atoms with E-state index in [1.165, 1.54) is 12.1 Å². The molecule has 0 saturated carbocycles. The van der Waals surface area contributed by atoms with Crippen LogP contribution in [0.15, 0.2) is 48.8 Å². The van der Waals surface area contributed by atoms with Gasteiger partial charge in [-0.25, -0.2) is 4.39 Å². The Labute approximate surface area is 99.1 Å². The molecule has 0 fully saturated rings. The molecular formula is C14H12FNO. The third-order valence-electron chi connectivity index (χ3n) is 2.56. The lowest BCUT2D eigenvalue weighted by Crippen LogP contribution is -2.01. The number of carbonyl (C=O) groups excluding carboxylic acids is 1. The number of aryl methyl sites for hydroxylation is 1. The van der Waals surface area contributed by atoms with E-state index in [9.17, 15) is 9.18 Å². The van der Waals surface area contributed by atoms with Gasteiger partial charge in [-0.1, -0.05) is 12.1 Å². The number of ketones is 1. The standard InChI is InChI=1S/C14H12FNO/c15-13-4-1-11(2-5-13)3-6-14(17)12-7-9-16-10-8-12/h1-2,4-5,7-10H,3,6H2. The molecule has 2 aromatic rings. The normalized spacial score (nSPS) is 10.2. The van der Waals surface area contributed by atoms with Gasteiger partial charge in [0.05, 0.1) is 0 Å². The molecular weight excluding hydrogens is 217 g/mol. The molecule has 0 radical (unpaired) electrons. The summed E-state index contributed by atoms with van der Waals surface area (Å²) >= 11 is 0. The van der Waals surface area contributed by atoms with Gasteiger partial charge in [0.15, 0.2) is 5.78 Å². The van der Waals surface area contributed by atoms with Gasteiger partial charge in [-0.15, -0.1) is 0 Å². The van der Waals surface area contributed by atoms with Crippen LogP contribution >= 0.6 is 0 Å². The lowest BCUT2D eigenvalue weighted by Gasteiger charge is -2.01. The first-order valence-electron chi connectivity index (χ1n) is 5.43. The predicted molar refractivity (Wildman–Crippen MR) is 63.3 cm³/mol. The van der Waals surface area contributed by atoms with Crippen LogP contribution < -0.4 is 0 Å². The fourth-order valence-electron chi connectivity index (χ4n) is 1.59. The first kappa shape index (κ1) is 11.5. The monoisotopic (exact) mass is 229 g/mol. The highest BCUT2D eigenvalue weighted by Gasteiger charge is 2.05. The Morgan fingerprint density at radius 2 is 1.71 bits per heavy atom. The van der Waals surface area contributed by atoms with Crippen LogP contribution in [0.2, 0.25) is 0 Å². The van der Waals surface area contributed by atoms with Crippen LogP contribution in [-0.2, 0) is 6.42 Å². The van der Waals surface area contributed by atoms with Crippen molar-refractivity contribution in [3.63, 3.8) is 0 Å². The molecule has 0 bridgehead atoms. The van der Waals surface area contributed by atoms with Crippen molar-refractivity contribution in [1.82, 2.24) is 4.98 Å². The number of hydrogen-bond donors (Lipinski definition) is 0. The van der Waals surface area contributed by atoms with Gasteiger partial charge in [0.2, 0.25) is 0 Å². The number of halogens is 1. The van der Waals surface area contributed by atoms with Crippen molar-refractivity contribution in [2.75, 3.05) is 0 Å². The van der Waals surface area contributed by atoms with Crippen LogP contribution in [0.5, 0.6) is 0 Å². The highest BCUT2D eigenvalue weighted by atomic mass is 19.1. The zero-order valence-corrected chi connectivity index (χ0v) is 9.27. The molecule has 3 heteroatoms. The Bertz CT molecular complexity index is 493. The Balaban J connectivity index is 1.95. The minimum absolute atomic E-state index is 0.0803. The summed E-state index contributed by atoms with van der Waals surface area (Å²) in [5.41, 5.74) is 1.64. The van der Waals surface area contributed by atoms with Gasteiger partial charge in [0, 0.05) is 24.4 Å². The van der Waals surface area contributed by atoms with Gasteiger partial charge in [-0.3, -0.25) is 9.78 Å². The number of carbonyl (C=O) groups is 1. The van der Waals surface area contributed by atoms with E-state index in [-0.39, 0.29) is 11.6 Å². The summed E-state index contributed by atoms with van der Waals surface area (Å²) in [6, 6.07) is 9.63. The number of benzene rings is 1. The van der Waals surface area contributed by atoms with Crippen molar-refractivity contribution in [2.45, 2.75) is 12.8 Å². The SMILES string of the molecule is O=C(CCc1ccc(F)cc1)c1ccncc1. The number of Topliss-reactive ketones (excluding diaryl/α,β-unsaturated/α-hetero) is 1. The summed E-state index contributed by atoms with van der Waals surface area (Å²) in [6.45, 7) is 0. The molecule has 0 unspecified atom stereocenters. The molecule has 0 aliphatic heterocycles. The summed E-state index contributed by atoms with van der Waals surface area (Å²) in [7, 11) is 0. The number of rotatable bonds is 4. The molecule has 1 heterocycles. The highest BCUT2D eigenvalue weighted by Crippen LogP contribution is 2.08. The van der Waals surface area contributed by atoms with Crippen molar-refractivity contribution in [3.05, 3.63) is 65.7 Å². The zero-order valence-electron chi connectivity index (χ0n) is 9.27. The van der Waals surface area contributed by atoms with E-state index in [1.807, 2.05) is 0 Å². The molecule has 86 valence electrons. The molecule has 2 nitrogen and oxygen atoms in total. The van der Waals surface area contributed by atoms with E-state index in [2.05, 4.69) is 4.98 Å². The lowest BCUT2D eigenvalue weighted by atomic mass is 10.0. The van der Waals surface area contributed by atoms with E-state index < -0.39 is 0 Å². The average Bonchev–Trinajstić information content (AvgIpc) is 2.39. The first-order chi connectivity index (χ1) is 8.25. The summed E-state index contributed by atoms with van der Waals surface area (Å²) < 4.78 is 12.7. The molecule has 17 heavy (non-hydrogen) atoms.